The van der Waals surface area contributed by atoms with E-state index < -0.39 is 10.0 Å². The quantitative estimate of drug-likeness (QED) is 0.858. The third kappa shape index (κ3) is 3.75. The molecule has 0 bridgehead atoms. The molecule has 6 nitrogen and oxygen atoms in total. The van der Waals surface area contributed by atoms with Crippen LogP contribution in [0.2, 0.25) is 0 Å². The lowest BCUT2D eigenvalue weighted by Crippen LogP contribution is -2.81. The second kappa shape index (κ2) is 6.44. The summed E-state index contributed by atoms with van der Waals surface area (Å²) in [7, 11) is -3.76. The Hall–Kier alpha value is -1.99. The number of hydrogen-bond donors (Lipinski definition) is 1. The molecule has 0 atom stereocenters. The number of nitrogens with zero attached hydrogens (tertiary/aromatic N) is 3. The highest BCUT2D eigenvalue weighted by molar-refractivity contribution is 7.94. The van der Waals surface area contributed by atoms with E-state index in [1.165, 1.54) is 12.4 Å². The van der Waals surface area contributed by atoms with E-state index in [0.717, 1.165) is 18.7 Å². The van der Waals surface area contributed by atoms with Crippen LogP contribution in [-0.2, 0) is 16.6 Å². The van der Waals surface area contributed by atoms with Crippen molar-refractivity contribution in [2.75, 3.05) is 6.54 Å². The van der Waals surface area contributed by atoms with Gasteiger partial charge in [0.05, 0.1) is 11.4 Å². The van der Waals surface area contributed by atoms with Crippen molar-refractivity contribution in [3.05, 3.63) is 53.0 Å². The van der Waals surface area contributed by atoms with Crippen molar-refractivity contribution in [2.45, 2.75) is 18.4 Å². The van der Waals surface area contributed by atoms with E-state index in [1.807, 2.05) is 0 Å². The number of hydrogen-bond acceptors (Lipinski definition) is 4. The van der Waals surface area contributed by atoms with Crippen molar-refractivity contribution >= 4 is 16.0 Å². The molecule has 2 N–H and O–H groups in total. The molecule has 0 unspecified atom stereocenters. The summed E-state index contributed by atoms with van der Waals surface area (Å²) in [6, 6.07) is 8.30. The molecule has 1 aromatic heterocycles. The summed E-state index contributed by atoms with van der Waals surface area (Å²) < 4.78 is 27.7. The lowest BCUT2D eigenvalue weighted by Gasteiger charge is -2.12. The van der Waals surface area contributed by atoms with Gasteiger partial charge in [0.2, 0.25) is 10.0 Å². The SMILES string of the molecule is CC[NH2+]Cc1ccc(S(=O)(=O)[N-]c2ncccn2)cc1. The number of rotatable bonds is 6. The zero-order chi connectivity index (χ0) is 14.4. The van der Waals surface area contributed by atoms with Gasteiger partial charge < -0.3 is 15.3 Å². The predicted molar refractivity (Wildman–Crippen MR) is 74.8 cm³/mol. The molecule has 0 aliphatic heterocycles. The first-order valence-electron chi connectivity index (χ1n) is 6.27. The number of aromatic nitrogens is 2. The van der Waals surface area contributed by atoms with Crippen molar-refractivity contribution < 1.29 is 13.7 Å². The Morgan fingerprint density at radius 2 is 1.80 bits per heavy atom. The average Bonchev–Trinajstić information content (AvgIpc) is 2.46. The van der Waals surface area contributed by atoms with Gasteiger partial charge >= 0.3 is 0 Å². The molecule has 0 aliphatic rings. The maximum atomic E-state index is 12.1. The summed E-state index contributed by atoms with van der Waals surface area (Å²) in [6.45, 7) is 3.88. The van der Waals surface area contributed by atoms with Crippen molar-refractivity contribution in [2.24, 2.45) is 0 Å². The molecule has 20 heavy (non-hydrogen) atoms. The highest BCUT2D eigenvalue weighted by Gasteiger charge is 2.11. The van der Waals surface area contributed by atoms with Crippen LogP contribution in [0.15, 0.2) is 47.6 Å². The molecule has 1 heterocycles. The summed E-state index contributed by atoms with van der Waals surface area (Å²) in [6.07, 6.45) is 2.90. The van der Waals surface area contributed by atoms with E-state index in [9.17, 15) is 8.42 Å². The van der Waals surface area contributed by atoms with Gasteiger partial charge in [0, 0.05) is 11.5 Å². The van der Waals surface area contributed by atoms with Crippen LogP contribution in [0.5, 0.6) is 0 Å². The first-order chi connectivity index (χ1) is 9.62. The minimum absolute atomic E-state index is 0.0594. The first-order valence-corrected chi connectivity index (χ1v) is 7.71. The van der Waals surface area contributed by atoms with Crippen molar-refractivity contribution in [3.8, 4) is 0 Å². The fraction of sp³-hybridized carbons (Fsp3) is 0.231. The minimum Gasteiger partial charge on any atom is -0.366 e. The van der Waals surface area contributed by atoms with Crippen LogP contribution in [0.1, 0.15) is 12.5 Å². The van der Waals surface area contributed by atoms with E-state index in [0.29, 0.717) is 0 Å². The lowest BCUT2D eigenvalue weighted by atomic mass is 10.2. The largest absolute Gasteiger partial charge is 0.366 e. The second-order valence-electron chi connectivity index (χ2n) is 4.16. The van der Waals surface area contributed by atoms with Crippen molar-refractivity contribution in [3.63, 3.8) is 0 Å². The van der Waals surface area contributed by atoms with Gasteiger partial charge in [0.15, 0.2) is 0 Å². The van der Waals surface area contributed by atoms with Crippen LogP contribution >= 0.6 is 0 Å². The maximum absolute atomic E-state index is 12.1. The van der Waals surface area contributed by atoms with Gasteiger partial charge in [-0.2, -0.15) is 0 Å². The van der Waals surface area contributed by atoms with E-state index in [4.69, 9.17) is 0 Å². The number of benzene rings is 1. The van der Waals surface area contributed by atoms with Crippen LogP contribution in [0.4, 0.5) is 5.95 Å². The first kappa shape index (κ1) is 14.4. The summed E-state index contributed by atoms with van der Waals surface area (Å²) in [5, 5.41) is 2.13. The van der Waals surface area contributed by atoms with Crippen LogP contribution < -0.4 is 5.32 Å². The molecule has 0 saturated heterocycles. The fourth-order valence-electron chi connectivity index (χ4n) is 1.61. The van der Waals surface area contributed by atoms with Gasteiger partial charge in [-0.05, 0) is 31.5 Å². The molecule has 106 valence electrons. The van der Waals surface area contributed by atoms with E-state index >= 15 is 0 Å². The van der Waals surface area contributed by atoms with Gasteiger partial charge in [-0.1, -0.05) is 18.2 Å². The van der Waals surface area contributed by atoms with Crippen LogP contribution in [0, 0.1) is 0 Å². The smallest absolute Gasteiger partial charge is 0.229 e. The van der Waals surface area contributed by atoms with Gasteiger partial charge in [-0.3, -0.25) is 4.72 Å². The number of nitrogens with two attached hydrogens (primary N) is 1. The molecule has 0 aliphatic carbocycles. The number of quaternary nitrogens is 1. The zero-order valence-corrected chi connectivity index (χ0v) is 11.9. The van der Waals surface area contributed by atoms with Crippen molar-refractivity contribution in [1.82, 2.24) is 9.97 Å². The summed E-state index contributed by atoms with van der Waals surface area (Å²) in [5.74, 6) is -0.0594. The highest BCUT2D eigenvalue weighted by atomic mass is 32.2. The van der Waals surface area contributed by atoms with Gasteiger partial charge in [-0.25, -0.2) is 8.42 Å². The molecule has 2 aromatic rings. The molecule has 0 amide bonds. The third-order valence-electron chi connectivity index (χ3n) is 2.64. The Morgan fingerprint density at radius 3 is 2.40 bits per heavy atom. The molecular formula is C13H16N4O2S. The highest BCUT2D eigenvalue weighted by Crippen LogP contribution is 2.23. The molecular weight excluding hydrogens is 276 g/mol. The summed E-state index contributed by atoms with van der Waals surface area (Å²) in [4.78, 5) is 7.71. The monoisotopic (exact) mass is 292 g/mol. The molecule has 1 aromatic carbocycles. The normalized spacial score (nSPS) is 11.2. The van der Waals surface area contributed by atoms with Crippen LogP contribution in [-0.4, -0.2) is 24.9 Å². The Bertz CT molecular complexity index is 642. The lowest BCUT2D eigenvalue weighted by molar-refractivity contribution is -0.667. The molecule has 0 spiro atoms. The summed E-state index contributed by atoms with van der Waals surface area (Å²) >= 11 is 0. The average molecular weight is 292 g/mol. The van der Waals surface area contributed by atoms with Gasteiger partial charge in [0.25, 0.3) is 0 Å². The van der Waals surface area contributed by atoms with Crippen molar-refractivity contribution in [1.29, 1.82) is 0 Å². The predicted octanol–water partition coefficient (Wildman–Crippen LogP) is 0.954. The Labute approximate surface area is 118 Å². The molecule has 0 radical (unpaired) electrons. The number of sulfonamides is 1. The Balaban J connectivity index is 2.13. The van der Waals surface area contributed by atoms with Crippen LogP contribution in [0.3, 0.4) is 0 Å². The second-order valence-corrected chi connectivity index (χ2v) is 5.76. The zero-order valence-electron chi connectivity index (χ0n) is 11.1. The van der Waals surface area contributed by atoms with Gasteiger partial charge in [-0.15, -0.1) is 0 Å². The topological polar surface area (TPSA) is 90.6 Å². The Morgan fingerprint density at radius 1 is 1.15 bits per heavy atom. The minimum atomic E-state index is -3.76. The van der Waals surface area contributed by atoms with E-state index in [-0.39, 0.29) is 10.8 Å². The van der Waals surface area contributed by atoms with Gasteiger partial charge in [0.1, 0.15) is 6.54 Å². The van der Waals surface area contributed by atoms with E-state index in [2.05, 4.69) is 26.9 Å². The molecule has 0 saturated carbocycles. The maximum Gasteiger partial charge on any atom is 0.229 e. The fourth-order valence-corrected chi connectivity index (χ4v) is 2.50. The summed E-state index contributed by atoms with van der Waals surface area (Å²) in [5.41, 5.74) is 1.07. The van der Waals surface area contributed by atoms with Crippen LogP contribution in [0.25, 0.3) is 4.72 Å². The standard InChI is InChI=1S/C13H15N4O2S/c1-2-14-10-11-4-6-12(7-5-11)20(18,19)17-13-15-8-3-9-16-13/h3-9,14H,2,10H2,1H3/q-1/p+1. The molecule has 2 rings (SSSR count). The third-order valence-corrected chi connectivity index (χ3v) is 3.92. The van der Waals surface area contributed by atoms with E-state index in [1.54, 1.807) is 30.3 Å². The Kier molecular flexibility index (Phi) is 4.65. The molecule has 0 fully saturated rings. The molecule has 7 heteroatoms.